The van der Waals surface area contributed by atoms with Crippen LogP contribution in [0.25, 0.3) is 22.2 Å². The van der Waals surface area contributed by atoms with E-state index in [2.05, 4.69) is 54.8 Å². The standard InChI is InChI=1S/C42H47F6N11O4S/c1-26(23-56-13-8-28(9-14-56)29-6-7-35-33(20-29)38(54-55(35)2)59-17-12-36(60)52-40(59)61)18-27-4-3-5-32(19-27)64(62,63)58-15-10-31(11-16-58)51-39-49-22-34(42(46,47)48)37(53-39)30-21-50-57(24-30)25-41(43,44)45/h3-7,19-22,24,26,28,31H,8-18,23,25H2,1-2H3,(H,49,51,53)(H,52,60,61). The Kier molecular flexibility index (Phi) is 12.5. The molecule has 2 aromatic carbocycles. The van der Waals surface area contributed by atoms with E-state index in [9.17, 15) is 44.3 Å². The van der Waals surface area contributed by atoms with Crippen molar-refractivity contribution in [1.82, 2.24) is 44.1 Å². The minimum absolute atomic E-state index is 0.128. The van der Waals surface area contributed by atoms with Crippen molar-refractivity contribution in [2.75, 3.05) is 49.5 Å². The Morgan fingerprint density at radius 1 is 0.938 bits per heavy atom. The Morgan fingerprint density at radius 3 is 2.39 bits per heavy atom. The number of piperidine rings is 2. The van der Waals surface area contributed by atoms with Gasteiger partial charge in [0, 0.05) is 69.0 Å². The van der Waals surface area contributed by atoms with Gasteiger partial charge in [-0.15, -0.1) is 0 Å². The number of amides is 3. The number of benzene rings is 2. The molecule has 3 aliphatic heterocycles. The third-order valence-corrected chi connectivity index (χ3v) is 13.9. The summed E-state index contributed by atoms with van der Waals surface area (Å²) in [5, 5.41) is 14.4. The first-order valence-electron chi connectivity index (χ1n) is 21.0. The van der Waals surface area contributed by atoms with E-state index in [1.165, 1.54) is 14.8 Å². The first kappa shape index (κ1) is 45.0. The van der Waals surface area contributed by atoms with E-state index in [4.69, 9.17) is 0 Å². The van der Waals surface area contributed by atoms with E-state index in [0.29, 0.717) is 41.9 Å². The number of halogens is 6. The average molecular weight is 916 g/mol. The summed E-state index contributed by atoms with van der Waals surface area (Å²) in [6.07, 6.45) is -3.85. The molecule has 0 spiro atoms. The predicted octanol–water partition coefficient (Wildman–Crippen LogP) is 6.58. The van der Waals surface area contributed by atoms with Crippen molar-refractivity contribution < 1.29 is 44.3 Å². The molecule has 0 saturated carbocycles. The number of likely N-dealkylation sites (tertiary alicyclic amines) is 1. The summed E-state index contributed by atoms with van der Waals surface area (Å²) in [6, 6.07) is 12.4. The molecule has 8 rings (SSSR count). The first-order valence-corrected chi connectivity index (χ1v) is 22.4. The molecule has 64 heavy (non-hydrogen) atoms. The van der Waals surface area contributed by atoms with Gasteiger partial charge in [0.2, 0.25) is 21.9 Å². The summed E-state index contributed by atoms with van der Waals surface area (Å²) in [5.74, 6) is 0.624. The summed E-state index contributed by atoms with van der Waals surface area (Å²) in [5.41, 5.74) is 0.850. The number of carbonyl (C=O) groups is 2. The lowest BCUT2D eigenvalue weighted by Gasteiger charge is -2.34. The van der Waals surface area contributed by atoms with Crippen LogP contribution < -0.4 is 15.5 Å². The molecule has 3 saturated heterocycles. The van der Waals surface area contributed by atoms with Gasteiger partial charge in [-0.2, -0.15) is 40.8 Å². The van der Waals surface area contributed by atoms with Crippen LogP contribution >= 0.6 is 0 Å². The number of anilines is 2. The maximum absolute atomic E-state index is 13.9. The minimum Gasteiger partial charge on any atom is -0.351 e. The van der Waals surface area contributed by atoms with Gasteiger partial charge in [-0.3, -0.25) is 24.4 Å². The van der Waals surface area contributed by atoms with Crippen LogP contribution in [-0.2, 0) is 41.0 Å². The van der Waals surface area contributed by atoms with Gasteiger partial charge in [0.1, 0.15) is 12.1 Å². The predicted molar refractivity (Wildman–Crippen MR) is 224 cm³/mol. The lowest BCUT2D eigenvalue weighted by Crippen LogP contribution is -2.49. The van der Waals surface area contributed by atoms with Crippen LogP contribution in [0.5, 0.6) is 0 Å². The maximum Gasteiger partial charge on any atom is 0.419 e. The summed E-state index contributed by atoms with van der Waals surface area (Å²) in [6.45, 7) is 3.82. The maximum atomic E-state index is 13.9. The number of imide groups is 1. The van der Waals surface area contributed by atoms with E-state index in [-0.39, 0.29) is 60.3 Å². The molecule has 1 unspecified atom stereocenters. The number of urea groups is 1. The van der Waals surface area contributed by atoms with Crippen molar-refractivity contribution in [3.63, 3.8) is 0 Å². The number of carbonyl (C=O) groups excluding carboxylic acids is 2. The molecular formula is C42H47F6N11O4S. The minimum atomic E-state index is -4.89. The molecule has 0 radical (unpaired) electrons. The molecule has 1 atom stereocenters. The molecule has 0 aliphatic carbocycles. The third-order valence-electron chi connectivity index (χ3n) is 12.0. The highest BCUT2D eigenvalue weighted by atomic mass is 32.2. The number of hydrogen-bond acceptors (Lipinski definition) is 10. The number of alkyl halides is 6. The fourth-order valence-electron chi connectivity index (χ4n) is 8.88. The molecule has 3 fully saturated rings. The Bertz CT molecular complexity index is 2640. The molecular weight excluding hydrogens is 869 g/mol. The van der Waals surface area contributed by atoms with Gasteiger partial charge in [0.15, 0.2) is 5.82 Å². The van der Waals surface area contributed by atoms with Crippen LogP contribution in [0.3, 0.4) is 0 Å². The fraction of sp³-hybridized carbons (Fsp3) is 0.476. The van der Waals surface area contributed by atoms with Crippen LogP contribution in [0.2, 0.25) is 0 Å². The van der Waals surface area contributed by atoms with E-state index in [1.54, 1.807) is 22.9 Å². The van der Waals surface area contributed by atoms with E-state index in [0.717, 1.165) is 61.3 Å². The number of fused-ring (bicyclic) bond motifs is 1. The SMILES string of the molecule is CC(Cc1cccc(S(=O)(=O)N2CCC(Nc3ncc(C(F)(F)F)c(-c4cnn(CC(F)(F)F)c4)n3)CC2)c1)CN1CCC(c2ccc3c(c2)c(N2CCC(=O)NC2=O)nn3C)CC1. The van der Waals surface area contributed by atoms with Crippen LogP contribution in [0.4, 0.5) is 42.9 Å². The molecule has 15 nitrogen and oxygen atoms in total. The first-order chi connectivity index (χ1) is 30.3. The van der Waals surface area contributed by atoms with Gasteiger partial charge in [0.25, 0.3) is 0 Å². The summed E-state index contributed by atoms with van der Waals surface area (Å²) in [7, 11) is -2.04. The van der Waals surface area contributed by atoms with Crippen LogP contribution in [0, 0.1) is 5.92 Å². The van der Waals surface area contributed by atoms with Gasteiger partial charge in [-0.25, -0.2) is 23.2 Å². The lowest BCUT2D eigenvalue weighted by atomic mass is 9.88. The largest absolute Gasteiger partial charge is 0.419 e. The quantitative estimate of drug-likeness (QED) is 0.131. The molecule has 0 bridgehead atoms. The smallest absolute Gasteiger partial charge is 0.351 e. The van der Waals surface area contributed by atoms with Crippen molar-refractivity contribution in [3.8, 4) is 11.3 Å². The van der Waals surface area contributed by atoms with Gasteiger partial charge >= 0.3 is 18.4 Å². The number of nitrogens with zero attached hydrogens (tertiary/aromatic N) is 9. The van der Waals surface area contributed by atoms with Gasteiger partial charge in [-0.1, -0.05) is 25.1 Å². The second-order valence-electron chi connectivity index (χ2n) is 16.8. The van der Waals surface area contributed by atoms with Crippen molar-refractivity contribution >= 4 is 44.6 Å². The molecule has 3 amide bonds. The highest BCUT2D eigenvalue weighted by Gasteiger charge is 2.37. The van der Waals surface area contributed by atoms with Crippen LogP contribution in [0.15, 0.2) is 66.0 Å². The number of aromatic nitrogens is 6. The Balaban J connectivity index is 0.840. The lowest BCUT2D eigenvalue weighted by molar-refractivity contribution is -0.142. The second kappa shape index (κ2) is 17.8. The van der Waals surface area contributed by atoms with Crippen molar-refractivity contribution in [2.24, 2.45) is 13.0 Å². The normalized spacial score (nSPS) is 18.5. The molecule has 3 aromatic heterocycles. The van der Waals surface area contributed by atoms with E-state index in [1.807, 2.05) is 19.2 Å². The monoisotopic (exact) mass is 915 g/mol. The van der Waals surface area contributed by atoms with Crippen LogP contribution in [0.1, 0.15) is 61.6 Å². The second-order valence-corrected chi connectivity index (χ2v) is 18.8. The molecule has 342 valence electrons. The Hall–Kier alpha value is -5.61. The molecule has 5 aromatic rings. The zero-order valence-electron chi connectivity index (χ0n) is 35.0. The van der Waals surface area contributed by atoms with Crippen molar-refractivity contribution in [3.05, 3.63) is 77.7 Å². The zero-order valence-corrected chi connectivity index (χ0v) is 35.8. The molecule has 3 aliphatic rings. The molecule has 22 heteroatoms. The Labute approximate surface area is 364 Å². The number of hydrogen-bond donors (Lipinski definition) is 2. The topological polar surface area (TPSA) is 163 Å². The van der Waals surface area contributed by atoms with Crippen molar-refractivity contribution in [2.45, 2.75) is 81.2 Å². The van der Waals surface area contributed by atoms with E-state index < -0.39 is 46.2 Å². The number of nitrogens with one attached hydrogen (secondary N) is 2. The summed E-state index contributed by atoms with van der Waals surface area (Å²) < 4.78 is 111. The zero-order chi connectivity index (χ0) is 45.6. The summed E-state index contributed by atoms with van der Waals surface area (Å²) >= 11 is 0. The molecule has 2 N–H and O–H groups in total. The van der Waals surface area contributed by atoms with Gasteiger partial charge in [-0.05, 0) is 92.4 Å². The summed E-state index contributed by atoms with van der Waals surface area (Å²) in [4.78, 5) is 36.3. The number of rotatable bonds is 12. The fourth-order valence-corrected chi connectivity index (χ4v) is 10.4. The highest BCUT2D eigenvalue weighted by molar-refractivity contribution is 7.89. The molecule has 6 heterocycles. The van der Waals surface area contributed by atoms with Gasteiger partial charge in [0.05, 0.1) is 22.3 Å². The third kappa shape index (κ3) is 10.0. The van der Waals surface area contributed by atoms with E-state index >= 15 is 0 Å². The Morgan fingerprint density at radius 2 is 1.69 bits per heavy atom. The highest BCUT2D eigenvalue weighted by Crippen LogP contribution is 2.37. The number of aryl methyl sites for hydroxylation is 1. The van der Waals surface area contributed by atoms with Crippen LogP contribution in [-0.4, -0.2) is 111 Å². The average Bonchev–Trinajstić information content (AvgIpc) is 3.83. The van der Waals surface area contributed by atoms with Gasteiger partial charge < -0.3 is 10.2 Å². The van der Waals surface area contributed by atoms with Crippen molar-refractivity contribution in [1.29, 1.82) is 0 Å². The number of sulfonamides is 1.